The van der Waals surface area contributed by atoms with E-state index in [1.165, 1.54) is 0 Å². The monoisotopic (exact) mass is 345 g/mol. The first-order valence-corrected chi connectivity index (χ1v) is 8.19. The Hall–Kier alpha value is -1.74. The first kappa shape index (κ1) is 16.1. The predicted octanol–water partition coefficient (Wildman–Crippen LogP) is 5.75. The Kier molecular flexibility index (Phi) is 5.39. The van der Waals surface area contributed by atoms with Gasteiger partial charge in [0.05, 0.1) is 13.2 Å². The van der Waals surface area contributed by atoms with Gasteiger partial charge in [-0.1, -0.05) is 59.6 Å². The minimum Gasteiger partial charge on any atom is -0.367 e. The molecule has 0 fully saturated rings. The summed E-state index contributed by atoms with van der Waals surface area (Å²) < 4.78 is 8.24. The lowest BCUT2D eigenvalue weighted by molar-refractivity contribution is 0.0281. The zero-order valence-corrected chi connectivity index (χ0v) is 14.0. The van der Waals surface area contributed by atoms with Crippen LogP contribution < -0.4 is 0 Å². The normalized spacial score (nSPS) is 12.3. The molecule has 1 aromatic heterocycles. The first-order chi connectivity index (χ1) is 11.2. The van der Waals surface area contributed by atoms with Crippen LogP contribution in [0.3, 0.4) is 0 Å². The minimum absolute atomic E-state index is 0.146. The Morgan fingerprint density at radius 1 is 0.913 bits per heavy atom. The fraction of sp³-hybridized carbons (Fsp3) is 0.158. The van der Waals surface area contributed by atoms with Crippen LogP contribution in [0.4, 0.5) is 0 Å². The second-order valence-electron chi connectivity index (χ2n) is 5.33. The zero-order chi connectivity index (χ0) is 16.1. The minimum atomic E-state index is -0.146. The van der Waals surface area contributed by atoms with E-state index < -0.39 is 0 Å². The Morgan fingerprint density at radius 3 is 2.35 bits per heavy atom. The number of ether oxygens (including phenoxy) is 1. The van der Waals surface area contributed by atoms with Gasteiger partial charge in [0.2, 0.25) is 0 Å². The maximum Gasteiger partial charge on any atom is 0.102 e. The molecule has 0 aliphatic carbocycles. The summed E-state index contributed by atoms with van der Waals surface area (Å²) in [6.45, 7) is 1.23. The number of rotatable bonds is 6. The second-order valence-corrected chi connectivity index (χ2v) is 6.17. The van der Waals surface area contributed by atoms with Gasteiger partial charge >= 0.3 is 0 Å². The third kappa shape index (κ3) is 4.38. The smallest absolute Gasteiger partial charge is 0.102 e. The van der Waals surface area contributed by atoms with Crippen molar-refractivity contribution in [2.45, 2.75) is 19.3 Å². The van der Waals surface area contributed by atoms with Crippen LogP contribution in [-0.4, -0.2) is 4.57 Å². The number of halogens is 2. The van der Waals surface area contributed by atoms with Gasteiger partial charge in [-0.3, -0.25) is 0 Å². The molecule has 3 aromatic rings. The van der Waals surface area contributed by atoms with Gasteiger partial charge in [-0.25, -0.2) is 0 Å². The van der Waals surface area contributed by atoms with Crippen LogP contribution in [0.15, 0.2) is 73.1 Å². The fourth-order valence-corrected chi connectivity index (χ4v) is 2.99. The third-order valence-electron chi connectivity index (χ3n) is 3.65. The van der Waals surface area contributed by atoms with E-state index in [4.69, 9.17) is 27.9 Å². The van der Waals surface area contributed by atoms with Crippen LogP contribution in [0.1, 0.15) is 17.2 Å². The van der Waals surface area contributed by atoms with Gasteiger partial charge in [0.1, 0.15) is 6.10 Å². The molecule has 0 saturated heterocycles. The quantitative estimate of drug-likeness (QED) is 0.554. The highest BCUT2D eigenvalue weighted by molar-refractivity contribution is 6.35. The zero-order valence-electron chi connectivity index (χ0n) is 12.5. The molecule has 2 nitrogen and oxygen atoms in total. The molecule has 0 saturated carbocycles. The van der Waals surface area contributed by atoms with Crippen LogP contribution in [0, 0.1) is 0 Å². The lowest BCUT2D eigenvalue weighted by Crippen LogP contribution is -2.12. The molecule has 0 aliphatic heterocycles. The first-order valence-electron chi connectivity index (χ1n) is 7.43. The topological polar surface area (TPSA) is 14.2 Å². The van der Waals surface area contributed by atoms with Gasteiger partial charge in [-0.15, -0.1) is 0 Å². The van der Waals surface area contributed by atoms with E-state index in [-0.39, 0.29) is 6.10 Å². The highest BCUT2D eigenvalue weighted by atomic mass is 35.5. The molecular weight excluding hydrogens is 329 g/mol. The third-order valence-corrected chi connectivity index (χ3v) is 4.21. The van der Waals surface area contributed by atoms with Crippen molar-refractivity contribution in [1.29, 1.82) is 0 Å². The SMILES string of the molecule is Clc1ccc(C(Cn2cccc2)OCc2ccccc2)c(Cl)c1. The second kappa shape index (κ2) is 7.69. The molecule has 118 valence electrons. The van der Waals surface area contributed by atoms with Crippen LogP contribution >= 0.6 is 23.2 Å². The molecule has 0 amide bonds. The van der Waals surface area contributed by atoms with Crippen molar-refractivity contribution in [2.24, 2.45) is 0 Å². The highest BCUT2D eigenvalue weighted by Gasteiger charge is 2.16. The van der Waals surface area contributed by atoms with E-state index in [1.54, 1.807) is 6.07 Å². The van der Waals surface area contributed by atoms with Gasteiger partial charge in [0.15, 0.2) is 0 Å². The Morgan fingerprint density at radius 2 is 1.65 bits per heavy atom. The van der Waals surface area contributed by atoms with E-state index in [9.17, 15) is 0 Å². The number of hydrogen-bond donors (Lipinski definition) is 0. The molecule has 0 radical (unpaired) electrons. The van der Waals surface area contributed by atoms with Crippen molar-refractivity contribution < 1.29 is 4.74 Å². The maximum absolute atomic E-state index is 6.37. The number of aromatic nitrogens is 1. The molecule has 23 heavy (non-hydrogen) atoms. The average Bonchev–Trinajstić information content (AvgIpc) is 3.06. The molecule has 1 atom stereocenters. The molecule has 3 rings (SSSR count). The van der Waals surface area contributed by atoms with Crippen molar-refractivity contribution in [3.8, 4) is 0 Å². The summed E-state index contributed by atoms with van der Waals surface area (Å²) in [4.78, 5) is 0. The Bertz CT molecular complexity index is 741. The summed E-state index contributed by atoms with van der Waals surface area (Å²) in [6.07, 6.45) is 3.89. The fourth-order valence-electron chi connectivity index (χ4n) is 2.46. The number of benzene rings is 2. The van der Waals surface area contributed by atoms with Gasteiger partial charge in [-0.05, 0) is 29.8 Å². The van der Waals surface area contributed by atoms with Crippen molar-refractivity contribution in [1.82, 2.24) is 4.57 Å². The van der Waals surface area contributed by atoms with E-state index in [0.717, 1.165) is 11.1 Å². The van der Waals surface area contributed by atoms with Crippen molar-refractivity contribution in [3.05, 3.63) is 94.2 Å². The number of nitrogens with zero attached hydrogens (tertiary/aromatic N) is 1. The van der Waals surface area contributed by atoms with E-state index in [2.05, 4.69) is 16.7 Å². The molecule has 1 heterocycles. The van der Waals surface area contributed by atoms with Gasteiger partial charge < -0.3 is 9.30 Å². The van der Waals surface area contributed by atoms with E-state index in [0.29, 0.717) is 23.2 Å². The maximum atomic E-state index is 6.37. The van der Waals surface area contributed by atoms with Gasteiger partial charge in [0, 0.05) is 28.0 Å². The summed E-state index contributed by atoms with van der Waals surface area (Å²) in [7, 11) is 0. The molecule has 2 aromatic carbocycles. The van der Waals surface area contributed by atoms with Crippen LogP contribution in [0.5, 0.6) is 0 Å². The average molecular weight is 346 g/mol. The Labute approximate surface area is 146 Å². The van der Waals surface area contributed by atoms with Crippen LogP contribution in [-0.2, 0) is 17.9 Å². The van der Waals surface area contributed by atoms with E-state index >= 15 is 0 Å². The number of hydrogen-bond acceptors (Lipinski definition) is 1. The van der Waals surface area contributed by atoms with E-state index in [1.807, 2.05) is 54.9 Å². The summed E-state index contributed by atoms with van der Waals surface area (Å²) in [6, 6.07) is 19.6. The lowest BCUT2D eigenvalue weighted by Gasteiger charge is -2.20. The molecule has 4 heteroatoms. The summed E-state index contributed by atoms with van der Waals surface area (Å²) >= 11 is 12.4. The van der Waals surface area contributed by atoms with Crippen molar-refractivity contribution >= 4 is 23.2 Å². The van der Waals surface area contributed by atoms with Crippen molar-refractivity contribution in [2.75, 3.05) is 0 Å². The summed E-state index contributed by atoms with van der Waals surface area (Å²) in [5, 5.41) is 1.25. The van der Waals surface area contributed by atoms with Gasteiger partial charge in [-0.2, -0.15) is 0 Å². The Balaban J connectivity index is 1.81. The molecule has 0 N–H and O–H groups in total. The largest absolute Gasteiger partial charge is 0.367 e. The molecule has 0 aliphatic rings. The van der Waals surface area contributed by atoms with Gasteiger partial charge in [0.25, 0.3) is 0 Å². The summed E-state index contributed by atoms with van der Waals surface area (Å²) in [5.41, 5.74) is 2.08. The molecule has 0 bridgehead atoms. The standard InChI is InChI=1S/C19H17Cl2NO/c20-16-8-9-17(18(21)12-16)19(13-22-10-4-5-11-22)23-14-15-6-2-1-3-7-15/h1-12,19H,13-14H2. The molecule has 0 spiro atoms. The lowest BCUT2D eigenvalue weighted by atomic mass is 10.1. The molecule has 1 unspecified atom stereocenters. The van der Waals surface area contributed by atoms with Crippen molar-refractivity contribution in [3.63, 3.8) is 0 Å². The van der Waals surface area contributed by atoms with Crippen LogP contribution in [0.25, 0.3) is 0 Å². The van der Waals surface area contributed by atoms with Crippen LogP contribution in [0.2, 0.25) is 10.0 Å². The molecular formula is C19H17Cl2NO. The summed E-state index contributed by atoms with van der Waals surface area (Å²) in [5.74, 6) is 0. The predicted molar refractivity (Wildman–Crippen MR) is 94.9 cm³/mol. The highest BCUT2D eigenvalue weighted by Crippen LogP contribution is 2.30.